The molecule has 0 amide bonds. The molecule has 3 heteroatoms. The average Bonchev–Trinajstić information content (AvgIpc) is 3.22. The standard InChI is InChI=1S/C17H19N3/c1-20-7-5-17(6-8-20)18-14-4-2-3-11-9-12-10-13(12)16(19-17)15(11)14/h2-4,9,18-19H,5-8,10H2,1H3. The average molecular weight is 265 g/mol. The Morgan fingerprint density at radius 2 is 2.00 bits per heavy atom. The van der Waals surface area contributed by atoms with E-state index in [1.165, 1.54) is 34.1 Å². The second kappa shape index (κ2) is 3.47. The predicted octanol–water partition coefficient (Wildman–Crippen LogP) is 3.00. The third kappa shape index (κ3) is 1.39. The molecule has 1 saturated heterocycles. The van der Waals surface area contributed by atoms with Crippen LogP contribution in [0.2, 0.25) is 0 Å². The van der Waals surface area contributed by atoms with Gasteiger partial charge >= 0.3 is 0 Å². The highest BCUT2D eigenvalue weighted by Crippen LogP contribution is 2.48. The van der Waals surface area contributed by atoms with Crippen molar-refractivity contribution >= 4 is 22.1 Å². The summed E-state index contributed by atoms with van der Waals surface area (Å²) in [6.45, 7) is 2.31. The summed E-state index contributed by atoms with van der Waals surface area (Å²) in [4.78, 5) is 2.42. The lowest BCUT2D eigenvalue weighted by Crippen LogP contribution is -2.54. The number of piperidine rings is 1. The normalized spacial score (nSPS) is 22.2. The van der Waals surface area contributed by atoms with Crippen LogP contribution in [0.15, 0.2) is 24.3 Å². The minimum absolute atomic E-state index is 0.0610. The fourth-order valence-electron chi connectivity index (χ4n) is 3.86. The number of rotatable bonds is 0. The van der Waals surface area contributed by atoms with Gasteiger partial charge in [-0.1, -0.05) is 18.2 Å². The van der Waals surface area contributed by atoms with Crippen molar-refractivity contribution in [3.05, 3.63) is 35.4 Å². The number of likely N-dealkylation sites (tertiary alicyclic amines) is 1. The summed E-state index contributed by atoms with van der Waals surface area (Å²) in [5.41, 5.74) is 5.87. The zero-order valence-corrected chi connectivity index (χ0v) is 11.8. The predicted molar refractivity (Wildman–Crippen MR) is 83.5 cm³/mol. The van der Waals surface area contributed by atoms with Crippen LogP contribution < -0.4 is 10.6 Å². The van der Waals surface area contributed by atoms with E-state index in [0.717, 1.165) is 25.9 Å². The molecular weight excluding hydrogens is 246 g/mol. The van der Waals surface area contributed by atoms with E-state index in [1.54, 1.807) is 5.56 Å². The van der Waals surface area contributed by atoms with Gasteiger partial charge in [0.15, 0.2) is 0 Å². The monoisotopic (exact) mass is 265 g/mol. The van der Waals surface area contributed by atoms with Crippen LogP contribution in [-0.2, 0) is 6.42 Å². The number of hydrogen-bond donors (Lipinski definition) is 2. The molecule has 0 unspecified atom stereocenters. The first-order valence-corrected chi connectivity index (χ1v) is 7.57. The molecule has 2 N–H and O–H groups in total. The Hall–Kier alpha value is -1.74. The number of anilines is 2. The summed E-state index contributed by atoms with van der Waals surface area (Å²) in [7, 11) is 2.21. The summed E-state index contributed by atoms with van der Waals surface area (Å²) < 4.78 is 0. The summed E-state index contributed by atoms with van der Waals surface area (Å²) in [6.07, 6.45) is 3.48. The topological polar surface area (TPSA) is 27.3 Å². The summed E-state index contributed by atoms with van der Waals surface area (Å²) >= 11 is 0. The molecule has 2 heterocycles. The van der Waals surface area contributed by atoms with Crippen molar-refractivity contribution in [3.63, 3.8) is 0 Å². The molecule has 0 aromatic heterocycles. The Morgan fingerprint density at radius 3 is 2.85 bits per heavy atom. The third-order valence-corrected chi connectivity index (χ3v) is 5.19. The lowest BCUT2D eigenvalue weighted by atomic mass is 9.92. The van der Waals surface area contributed by atoms with Crippen LogP contribution in [0.1, 0.15) is 24.0 Å². The zero-order chi connectivity index (χ0) is 13.3. The Morgan fingerprint density at radius 1 is 1.15 bits per heavy atom. The van der Waals surface area contributed by atoms with Crippen molar-refractivity contribution < 1.29 is 0 Å². The van der Waals surface area contributed by atoms with Crippen LogP contribution in [-0.4, -0.2) is 30.7 Å². The Balaban J connectivity index is 1.68. The third-order valence-electron chi connectivity index (χ3n) is 5.19. The van der Waals surface area contributed by atoms with Gasteiger partial charge in [0.2, 0.25) is 0 Å². The number of fused-ring (bicyclic) bond motifs is 2. The van der Waals surface area contributed by atoms with Crippen molar-refractivity contribution in [2.75, 3.05) is 30.8 Å². The molecule has 2 aromatic rings. The molecule has 0 bridgehead atoms. The molecule has 0 radical (unpaired) electrons. The lowest BCUT2D eigenvalue weighted by molar-refractivity contribution is 0.221. The van der Waals surface area contributed by atoms with Crippen LogP contribution in [0.25, 0.3) is 10.8 Å². The van der Waals surface area contributed by atoms with Crippen LogP contribution in [0.3, 0.4) is 0 Å². The molecule has 2 aliphatic heterocycles. The van der Waals surface area contributed by atoms with Gasteiger partial charge < -0.3 is 15.5 Å². The second-order valence-electron chi connectivity index (χ2n) is 6.61. The van der Waals surface area contributed by atoms with Gasteiger partial charge in [-0.2, -0.15) is 0 Å². The largest absolute Gasteiger partial charge is 0.362 e. The first kappa shape index (κ1) is 11.0. The molecule has 5 rings (SSSR count). The summed E-state index contributed by atoms with van der Waals surface area (Å²) in [5.74, 6) is 0. The molecule has 102 valence electrons. The highest BCUT2D eigenvalue weighted by Gasteiger charge is 2.39. The van der Waals surface area contributed by atoms with E-state index in [9.17, 15) is 0 Å². The van der Waals surface area contributed by atoms with Crippen LogP contribution in [0, 0.1) is 0 Å². The fourth-order valence-corrected chi connectivity index (χ4v) is 3.86. The van der Waals surface area contributed by atoms with Crippen molar-refractivity contribution in [2.24, 2.45) is 0 Å². The molecule has 3 aliphatic rings. The van der Waals surface area contributed by atoms with Gasteiger partial charge in [0.05, 0.1) is 0 Å². The second-order valence-corrected chi connectivity index (χ2v) is 6.61. The molecule has 0 saturated carbocycles. The Kier molecular flexibility index (Phi) is 1.91. The molecule has 3 nitrogen and oxygen atoms in total. The van der Waals surface area contributed by atoms with Crippen molar-refractivity contribution in [1.29, 1.82) is 0 Å². The molecule has 2 aromatic carbocycles. The van der Waals surface area contributed by atoms with E-state index < -0.39 is 0 Å². The van der Waals surface area contributed by atoms with E-state index in [0.29, 0.717) is 0 Å². The van der Waals surface area contributed by atoms with E-state index >= 15 is 0 Å². The van der Waals surface area contributed by atoms with Crippen molar-refractivity contribution in [3.8, 4) is 0 Å². The van der Waals surface area contributed by atoms with E-state index in [4.69, 9.17) is 0 Å². The zero-order valence-electron chi connectivity index (χ0n) is 11.8. The Labute approximate surface area is 119 Å². The van der Waals surface area contributed by atoms with Gasteiger partial charge in [-0.3, -0.25) is 0 Å². The maximum atomic E-state index is 3.88. The fraction of sp³-hybridized carbons (Fsp3) is 0.412. The highest BCUT2D eigenvalue weighted by atomic mass is 15.3. The van der Waals surface area contributed by atoms with Crippen LogP contribution >= 0.6 is 0 Å². The minimum Gasteiger partial charge on any atom is -0.362 e. The SMILES string of the molecule is CN1CCC2(CC1)Nc1cccc3cc4c(c(c13)N2)C4. The smallest absolute Gasteiger partial charge is 0.110 e. The summed E-state index contributed by atoms with van der Waals surface area (Å²) in [6, 6.07) is 9.00. The molecular formula is C17H19N3. The maximum absolute atomic E-state index is 3.88. The quantitative estimate of drug-likeness (QED) is 0.654. The van der Waals surface area contributed by atoms with Gasteiger partial charge in [-0.15, -0.1) is 0 Å². The van der Waals surface area contributed by atoms with Gasteiger partial charge in [0.1, 0.15) is 5.66 Å². The van der Waals surface area contributed by atoms with Gasteiger partial charge in [0.25, 0.3) is 0 Å². The number of benzene rings is 2. The molecule has 1 fully saturated rings. The molecule has 1 aliphatic carbocycles. The number of hydrogen-bond acceptors (Lipinski definition) is 3. The first-order valence-electron chi connectivity index (χ1n) is 7.57. The van der Waals surface area contributed by atoms with E-state index in [-0.39, 0.29) is 5.66 Å². The van der Waals surface area contributed by atoms with Gasteiger partial charge in [0, 0.05) is 49.1 Å². The number of nitrogens with one attached hydrogen (secondary N) is 2. The first-order chi connectivity index (χ1) is 9.74. The van der Waals surface area contributed by atoms with Gasteiger partial charge in [-0.05, 0) is 29.6 Å². The summed E-state index contributed by atoms with van der Waals surface area (Å²) in [5, 5.41) is 10.5. The van der Waals surface area contributed by atoms with Crippen LogP contribution in [0.5, 0.6) is 0 Å². The maximum Gasteiger partial charge on any atom is 0.110 e. The molecule has 20 heavy (non-hydrogen) atoms. The number of nitrogens with zero attached hydrogens (tertiary/aromatic N) is 1. The Bertz CT molecular complexity index is 727. The molecule has 1 spiro atoms. The van der Waals surface area contributed by atoms with E-state index in [2.05, 4.69) is 46.8 Å². The van der Waals surface area contributed by atoms with E-state index in [1.807, 2.05) is 0 Å². The minimum atomic E-state index is 0.0610. The van der Waals surface area contributed by atoms with Crippen molar-refractivity contribution in [2.45, 2.75) is 24.9 Å². The molecule has 0 atom stereocenters. The van der Waals surface area contributed by atoms with Crippen LogP contribution in [0.4, 0.5) is 11.4 Å². The lowest BCUT2D eigenvalue weighted by Gasteiger charge is -2.46. The van der Waals surface area contributed by atoms with Gasteiger partial charge in [-0.25, -0.2) is 0 Å². The highest BCUT2D eigenvalue weighted by molar-refractivity contribution is 6.08. The van der Waals surface area contributed by atoms with Crippen molar-refractivity contribution in [1.82, 2.24) is 4.90 Å².